The van der Waals surface area contributed by atoms with Crippen molar-refractivity contribution in [3.8, 4) is 0 Å². The first kappa shape index (κ1) is 19.1. The number of amides is 1. The third-order valence-electron chi connectivity index (χ3n) is 3.46. The number of anilines is 1. The molecule has 2 aromatic carbocycles. The summed E-state index contributed by atoms with van der Waals surface area (Å²) < 4.78 is 4.67. The summed E-state index contributed by atoms with van der Waals surface area (Å²) in [6.07, 6.45) is 0.270. The third-order valence-corrected chi connectivity index (χ3v) is 4.04. The zero-order valence-electron chi connectivity index (χ0n) is 13.6. The van der Waals surface area contributed by atoms with E-state index in [1.807, 2.05) is 12.1 Å². The maximum Gasteiger partial charge on any atom is 0.337 e. The Morgan fingerprint density at radius 2 is 1.80 bits per heavy atom. The molecular weight excluding hydrogens is 363 g/mol. The largest absolute Gasteiger partial charge is 0.465 e. The van der Waals surface area contributed by atoms with Gasteiger partial charge in [-0.05, 0) is 35.9 Å². The van der Waals surface area contributed by atoms with Crippen LogP contribution in [0.3, 0.4) is 0 Å². The van der Waals surface area contributed by atoms with Crippen LogP contribution in [0.4, 0.5) is 5.69 Å². The minimum absolute atomic E-state index is 0.0947. The number of nitrogens with one attached hydrogen (secondary N) is 2. The van der Waals surface area contributed by atoms with Crippen LogP contribution in [-0.2, 0) is 16.1 Å². The molecule has 1 amide bonds. The Balaban J connectivity index is 1.80. The number of hydrogen-bond acceptors (Lipinski definition) is 4. The van der Waals surface area contributed by atoms with Crippen LogP contribution in [0.1, 0.15) is 22.3 Å². The topological polar surface area (TPSA) is 67.4 Å². The minimum Gasteiger partial charge on any atom is -0.465 e. The highest BCUT2D eigenvalue weighted by Crippen LogP contribution is 2.23. The molecule has 0 bridgehead atoms. The summed E-state index contributed by atoms with van der Waals surface area (Å²) in [6, 6.07) is 12.1. The maximum atomic E-state index is 11.9. The van der Waals surface area contributed by atoms with Gasteiger partial charge in [0, 0.05) is 24.5 Å². The highest BCUT2D eigenvalue weighted by atomic mass is 35.5. The van der Waals surface area contributed by atoms with Gasteiger partial charge in [0.05, 0.1) is 23.4 Å². The molecule has 0 spiro atoms. The SMILES string of the molecule is COC(=O)c1ccc(Cl)c(NCCC(=O)NCc2ccc(Cl)cc2)c1. The highest BCUT2D eigenvalue weighted by Gasteiger charge is 2.09. The Kier molecular flexibility index (Phi) is 7.10. The Bertz CT molecular complexity index is 748. The lowest BCUT2D eigenvalue weighted by molar-refractivity contribution is -0.121. The van der Waals surface area contributed by atoms with E-state index < -0.39 is 5.97 Å². The van der Waals surface area contributed by atoms with Crippen molar-refractivity contribution in [1.82, 2.24) is 5.32 Å². The van der Waals surface area contributed by atoms with E-state index in [4.69, 9.17) is 23.2 Å². The van der Waals surface area contributed by atoms with Crippen molar-refractivity contribution < 1.29 is 14.3 Å². The van der Waals surface area contributed by atoms with Crippen molar-refractivity contribution in [2.75, 3.05) is 19.0 Å². The number of benzene rings is 2. The maximum absolute atomic E-state index is 11.9. The molecule has 2 N–H and O–H groups in total. The lowest BCUT2D eigenvalue weighted by Gasteiger charge is -2.10. The number of methoxy groups -OCH3 is 1. The number of esters is 1. The fourth-order valence-electron chi connectivity index (χ4n) is 2.11. The normalized spacial score (nSPS) is 10.2. The second kappa shape index (κ2) is 9.30. The molecule has 25 heavy (non-hydrogen) atoms. The van der Waals surface area contributed by atoms with Crippen LogP contribution in [0.2, 0.25) is 10.0 Å². The van der Waals surface area contributed by atoms with E-state index in [2.05, 4.69) is 15.4 Å². The predicted octanol–water partition coefficient (Wildman–Crippen LogP) is 3.90. The first-order valence-corrected chi connectivity index (χ1v) is 8.38. The average molecular weight is 381 g/mol. The van der Waals surface area contributed by atoms with Gasteiger partial charge in [-0.1, -0.05) is 35.3 Å². The molecule has 0 aliphatic carbocycles. The van der Waals surface area contributed by atoms with E-state index in [0.29, 0.717) is 34.4 Å². The molecule has 0 fully saturated rings. The van der Waals surface area contributed by atoms with Gasteiger partial charge in [-0.15, -0.1) is 0 Å². The number of ether oxygens (including phenoxy) is 1. The van der Waals surface area contributed by atoms with Crippen LogP contribution in [0.15, 0.2) is 42.5 Å². The summed E-state index contributed by atoms with van der Waals surface area (Å²) >= 11 is 11.9. The molecule has 0 atom stereocenters. The second-order valence-electron chi connectivity index (χ2n) is 5.27. The molecule has 0 aliphatic rings. The fourth-order valence-corrected chi connectivity index (χ4v) is 2.42. The summed E-state index contributed by atoms with van der Waals surface area (Å²) in [5.41, 5.74) is 1.94. The Morgan fingerprint density at radius 1 is 1.08 bits per heavy atom. The molecule has 0 aliphatic heterocycles. The highest BCUT2D eigenvalue weighted by molar-refractivity contribution is 6.33. The molecule has 0 heterocycles. The van der Waals surface area contributed by atoms with Gasteiger partial charge in [0.25, 0.3) is 0 Å². The van der Waals surface area contributed by atoms with E-state index >= 15 is 0 Å². The number of carbonyl (C=O) groups excluding carboxylic acids is 2. The van der Waals surface area contributed by atoms with Gasteiger partial charge in [0.15, 0.2) is 0 Å². The van der Waals surface area contributed by atoms with E-state index in [0.717, 1.165) is 5.56 Å². The van der Waals surface area contributed by atoms with Crippen molar-refractivity contribution in [3.63, 3.8) is 0 Å². The molecule has 0 unspecified atom stereocenters. The van der Waals surface area contributed by atoms with Gasteiger partial charge < -0.3 is 15.4 Å². The van der Waals surface area contributed by atoms with Crippen LogP contribution in [0.5, 0.6) is 0 Å². The van der Waals surface area contributed by atoms with Gasteiger partial charge >= 0.3 is 5.97 Å². The first-order chi connectivity index (χ1) is 12.0. The summed E-state index contributed by atoms with van der Waals surface area (Å²) in [4.78, 5) is 23.4. The average Bonchev–Trinajstić information content (AvgIpc) is 2.62. The third kappa shape index (κ3) is 5.96. The Hall–Kier alpha value is -2.24. The standard InChI is InChI=1S/C18H18Cl2N2O3/c1-25-18(24)13-4-7-15(20)16(10-13)21-9-8-17(23)22-11-12-2-5-14(19)6-3-12/h2-7,10,21H,8-9,11H2,1H3,(H,22,23). The summed E-state index contributed by atoms with van der Waals surface area (Å²) in [5, 5.41) is 7.00. The van der Waals surface area contributed by atoms with Crippen LogP contribution in [-0.4, -0.2) is 25.5 Å². The quantitative estimate of drug-likeness (QED) is 0.714. The van der Waals surface area contributed by atoms with Crippen LogP contribution in [0.25, 0.3) is 0 Å². The van der Waals surface area contributed by atoms with Crippen LogP contribution < -0.4 is 10.6 Å². The molecule has 2 rings (SSSR count). The number of rotatable bonds is 7. The lowest BCUT2D eigenvalue weighted by Crippen LogP contribution is -2.24. The van der Waals surface area contributed by atoms with E-state index in [-0.39, 0.29) is 12.3 Å². The molecule has 2 aromatic rings. The smallest absolute Gasteiger partial charge is 0.337 e. The zero-order chi connectivity index (χ0) is 18.2. The number of carbonyl (C=O) groups is 2. The molecule has 132 valence electrons. The van der Waals surface area contributed by atoms with E-state index in [9.17, 15) is 9.59 Å². The lowest BCUT2D eigenvalue weighted by atomic mass is 10.2. The van der Waals surface area contributed by atoms with Crippen LogP contribution >= 0.6 is 23.2 Å². The summed E-state index contributed by atoms with van der Waals surface area (Å²) in [7, 11) is 1.31. The molecule has 7 heteroatoms. The molecule has 0 saturated heterocycles. The van der Waals surface area contributed by atoms with Gasteiger partial charge in [0.1, 0.15) is 0 Å². The van der Waals surface area contributed by atoms with Crippen molar-refractivity contribution in [2.24, 2.45) is 0 Å². The summed E-state index contributed by atoms with van der Waals surface area (Å²) in [5.74, 6) is -0.539. The Morgan fingerprint density at radius 3 is 2.48 bits per heavy atom. The van der Waals surface area contributed by atoms with Crippen molar-refractivity contribution in [3.05, 3.63) is 63.6 Å². The monoisotopic (exact) mass is 380 g/mol. The van der Waals surface area contributed by atoms with Crippen molar-refractivity contribution >= 4 is 40.8 Å². The second-order valence-corrected chi connectivity index (χ2v) is 6.11. The summed E-state index contributed by atoms with van der Waals surface area (Å²) in [6.45, 7) is 0.825. The fraction of sp³-hybridized carbons (Fsp3) is 0.222. The van der Waals surface area contributed by atoms with Crippen molar-refractivity contribution in [1.29, 1.82) is 0 Å². The minimum atomic E-state index is -0.444. The molecule has 0 radical (unpaired) electrons. The molecule has 0 saturated carbocycles. The van der Waals surface area contributed by atoms with E-state index in [1.165, 1.54) is 7.11 Å². The van der Waals surface area contributed by atoms with Crippen molar-refractivity contribution in [2.45, 2.75) is 13.0 Å². The Labute approximate surface area is 156 Å². The predicted molar refractivity (Wildman–Crippen MR) is 99.2 cm³/mol. The van der Waals surface area contributed by atoms with Gasteiger partial charge in [-0.25, -0.2) is 4.79 Å². The van der Waals surface area contributed by atoms with Gasteiger partial charge in [-0.2, -0.15) is 0 Å². The molecular formula is C18H18Cl2N2O3. The zero-order valence-corrected chi connectivity index (χ0v) is 15.2. The van der Waals surface area contributed by atoms with E-state index in [1.54, 1.807) is 30.3 Å². The van der Waals surface area contributed by atoms with Gasteiger partial charge in [0.2, 0.25) is 5.91 Å². The number of hydrogen-bond donors (Lipinski definition) is 2. The van der Waals surface area contributed by atoms with Gasteiger partial charge in [-0.3, -0.25) is 4.79 Å². The molecule has 5 nitrogen and oxygen atoms in total. The molecule has 0 aromatic heterocycles. The number of halogens is 2. The first-order valence-electron chi connectivity index (χ1n) is 7.62. The van der Waals surface area contributed by atoms with Crippen LogP contribution in [0, 0.1) is 0 Å².